The van der Waals surface area contributed by atoms with Gasteiger partial charge in [0.2, 0.25) is 0 Å². The second-order valence-electron chi connectivity index (χ2n) is 5.12. The number of hydrogen-bond donors (Lipinski definition) is 2. The molecule has 0 aliphatic heterocycles. The van der Waals surface area contributed by atoms with Gasteiger partial charge in [-0.15, -0.1) is 0 Å². The van der Waals surface area contributed by atoms with Crippen molar-refractivity contribution in [2.45, 2.75) is 31.9 Å². The van der Waals surface area contributed by atoms with Crippen molar-refractivity contribution in [1.29, 1.82) is 0 Å². The molecule has 0 fully saturated rings. The van der Waals surface area contributed by atoms with Crippen LogP contribution in [0, 0.1) is 0 Å². The van der Waals surface area contributed by atoms with Crippen molar-refractivity contribution in [3.05, 3.63) is 29.3 Å². The van der Waals surface area contributed by atoms with Crippen LogP contribution in [0.5, 0.6) is 5.75 Å². The third-order valence-electron chi connectivity index (χ3n) is 3.36. The van der Waals surface area contributed by atoms with Gasteiger partial charge in [-0.2, -0.15) is 0 Å². The number of nitrogens with zero attached hydrogens (tertiary/aromatic N) is 1. The molecule has 4 nitrogen and oxygen atoms in total. The highest BCUT2D eigenvalue weighted by Gasteiger charge is 2.19. The Morgan fingerprint density at radius 2 is 2.05 bits per heavy atom. The molecule has 0 amide bonds. The number of aryl methyl sites for hydroxylation is 1. The third-order valence-corrected chi connectivity index (χ3v) is 3.36. The summed E-state index contributed by atoms with van der Waals surface area (Å²) in [5.41, 5.74) is 8.09. The molecule has 0 aliphatic carbocycles. The Balaban J connectivity index is 2.83. The maximum atomic E-state index is 10.4. The second kappa shape index (κ2) is 7.48. The number of benzene rings is 1. The van der Waals surface area contributed by atoms with Crippen molar-refractivity contribution in [2.75, 3.05) is 27.7 Å². The Hall–Kier alpha value is -1.10. The number of aliphatic hydroxyl groups is 1. The molecule has 0 heterocycles. The normalized spacial score (nSPS) is 14.5. The minimum absolute atomic E-state index is 0.249. The molecular weight excluding hydrogens is 240 g/mol. The summed E-state index contributed by atoms with van der Waals surface area (Å²) < 4.78 is 5.21. The number of aliphatic hydroxyl groups excluding tert-OH is 1. The van der Waals surface area contributed by atoms with E-state index in [0.717, 1.165) is 36.3 Å². The van der Waals surface area contributed by atoms with Gasteiger partial charge in [0.25, 0.3) is 0 Å². The van der Waals surface area contributed by atoms with Gasteiger partial charge in [0, 0.05) is 6.04 Å². The summed E-state index contributed by atoms with van der Waals surface area (Å²) in [4.78, 5) is 2.07. The van der Waals surface area contributed by atoms with Crippen molar-refractivity contribution in [3.63, 3.8) is 0 Å². The summed E-state index contributed by atoms with van der Waals surface area (Å²) >= 11 is 0. The SMILES string of the molecule is CCc1cc(OC)ccc1C(O)C(N)CCN(C)C. The lowest BCUT2D eigenvalue weighted by molar-refractivity contribution is 0.136. The molecule has 19 heavy (non-hydrogen) atoms. The van der Waals surface area contributed by atoms with Gasteiger partial charge in [-0.25, -0.2) is 0 Å². The largest absolute Gasteiger partial charge is 0.497 e. The van der Waals surface area contributed by atoms with Crippen molar-refractivity contribution in [3.8, 4) is 5.75 Å². The molecular formula is C15H26N2O2. The summed E-state index contributed by atoms with van der Waals surface area (Å²) in [5.74, 6) is 0.815. The maximum Gasteiger partial charge on any atom is 0.119 e. The second-order valence-corrected chi connectivity index (χ2v) is 5.12. The number of rotatable bonds is 7. The van der Waals surface area contributed by atoms with Gasteiger partial charge in [0.05, 0.1) is 13.2 Å². The average Bonchev–Trinajstić information content (AvgIpc) is 2.42. The van der Waals surface area contributed by atoms with E-state index < -0.39 is 6.10 Å². The van der Waals surface area contributed by atoms with Crippen molar-refractivity contribution >= 4 is 0 Å². The fraction of sp³-hybridized carbons (Fsp3) is 0.600. The summed E-state index contributed by atoms with van der Waals surface area (Å²) in [6, 6.07) is 5.51. The molecule has 2 unspecified atom stereocenters. The van der Waals surface area contributed by atoms with Crippen LogP contribution >= 0.6 is 0 Å². The van der Waals surface area contributed by atoms with Crippen LogP contribution in [0.3, 0.4) is 0 Å². The first-order chi connectivity index (χ1) is 8.99. The van der Waals surface area contributed by atoms with Crippen LogP contribution in [0.2, 0.25) is 0 Å². The molecule has 108 valence electrons. The van der Waals surface area contributed by atoms with Crippen molar-refractivity contribution < 1.29 is 9.84 Å². The van der Waals surface area contributed by atoms with Crippen LogP contribution in [-0.2, 0) is 6.42 Å². The van der Waals surface area contributed by atoms with Gasteiger partial charge in [-0.1, -0.05) is 13.0 Å². The van der Waals surface area contributed by atoms with Gasteiger partial charge in [0.1, 0.15) is 5.75 Å². The molecule has 0 saturated carbocycles. The monoisotopic (exact) mass is 266 g/mol. The van der Waals surface area contributed by atoms with Crippen LogP contribution in [-0.4, -0.2) is 43.8 Å². The highest BCUT2D eigenvalue weighted by Crippen LogP contribution is 2.26. The molecule has 0 aromatic heterocycles. The highest BCUT2D eigenvalue weighted by atomic mass is 16.5. The topological polar surface area (TPSA) is 58.7 Å². The fourth-order valence-electron chi connectivity index (χ4n) is 2.10. The van der Waals surface area contributed by atoms with Crippen molar-refractivity contribution in [2.24, 2.45) is 5.73 Å². The molecule has 2 atom stereocenters. The number of ether oxygens (including phenoxy) is 1. The van der Waals surface area contributed by atoms with Crippen LogP contribution in [0.4, 0.5) is 0 Å². The first kappa shape index (κ1) is 16.0. The summed E-state index contributed by atoms with van der Waals surface area (Å²) in [6.07, 6.45) is 0.994. The van der Waals surface area contributed by atoms with E-state index in [1.54, 1.807) is 7.11 Å². The first-order valence-electron chi connectivity index (χ1n) is 6.74. The Bertz CT molecular complexity index is 394. The van der Waals surface area contributed by atoms with E-state index in [4.69, 9.17) is 10.5 Å². The number of hydrogen-bond acceptors (Lipinski definition) is 4. The van der Waals surface area contributed by atoms with Crippen LogP contribution < -0.4 is 10.5 Å². The molecule has 0 bridgehead atoms. The Labute approximate surface area is 116 Å². The molecule has 1 rings (SSSR count). The van der Waals surface area contributed by atoms with Gasteiger partial charge in [-0.05, 0) is 56.7 Å². The van der Waals surface area contributed by atoms with E-state index in [9.17, 15) is 5.11 Å². The van der Waals surface area contributed by atoms with Crippen LogP contribution in [0.1, 0.15) is 30.6 Å². The zero-order chi connectivity index (χ0) is 14.4. The maximum absolute atomic E-state index is 10.4. The summed E-state index contributed by atoms with van der Waals surface area (Å²) in [7, 11) is 5.65. The molecule has 0 aliphatic rings. The zero-order valence-electron chi connectivity index (χ0n) is 12.4. The Morgan fingerprint density at radius 1 is 1.37 bits per heavy atom. The standard InChI is InChI=1S/C15H26N2O2/c1-5-11-10-12(19-4)6-7-13(11)15(18)14(16)8-9-17(2)3/h6-7,10,14-15,18H,5,8-9,16H2,1-4H3. The molecule has 0 saturated heterocycles. The summed E-state index contributed by atoms with van der Waals surface area (Å²) in [5, 5.41) is 10.4. The molecule has 1 aromatic carbocycles. The Morgan fingerprint density at radius 3 is 2.58 bits per heavy atom. The van der Waals surface area contributed by atoms with E-state index in [1.165, 1.54) is 0 Å². The lowest BCUT2D eigenvalue weighted by Gasteiger charge is -2.23. The molecule has 3 N–H and O–H groups in total. The minimum atomic E-state index is -0.624. The fourth-order valence-corrected chi connectivity index (χ4v) is 2.10. The molecule has 1 aromatic rings. The number of nitrogens with two attached hydrogens (primary N) is 1. The zero-order valence-corrected chi connectivity index (χ0v) is 12.4. The quantitative estimate of drug-likeness (QED) is 0.786. The predicted molar refractivity (Wildman–Crippen MR) is 78.5 cm³/mol. The number of methoxy groups -OCH3 is 1. The van der Waals surface area contributed by atoms with Crippen LogP contribution in [0.15, 0.2) is 18.2 Å². The van der Waals surface area contributed by atoms with E-state index in [-0.39, 0.29) is 6.04 Å². The smallest absolute Gasteiger partial charge is 0.119 e. The van der Waals surface area contributed by atoms with Gasteiger partial charge in [0.15, 0.2) is 0 Å². The van der Waals surface area contributed by atoms with E-state index in [1.807, 2.05) is 32.3 Å². The molecule has 4 heteroatoms. The van der Waals surface area contributed by atoms with Crippen LogP contribution in [0.25, 0.3) is 0 Å². The minimum Gasteiger partial charge on any atom is -0.497 e. The molecule has 0 spiro atoms. The lowest BCUT2D eigenvalue weighted by Crippen LogP contribution is -2.32. The van der Waals surface area contributed by atoms with E-state index >= 15 is 0 Å². The molecule has 0 radical (unpaired) electrons. The van der Waals surface area contributed by atoms with Gasteiger partial charge in [-0.3, -0.25) is 0 Å². The first-order valence-corrected chi connectivity index (χ1v) is 6.74. The van der Waals surface area contributed by atoms with E-state index in [0.29, 0.717) is 0 Å². The van der Waals surface area contributed by atoms with Crippen molar-refractivity contribution in [1.82, 2.24) is 4.90 Å². The highest BCUT2D eigenvalue weighted by molar-refractivity contribution is 5.37. The summed E-state index contributed by atoms with van der Waals surface area (Å²) in [6.45, 7) is 2.94. The van der Waals surface area contributed by atoms with E-state index in [2.05, 4.69) is 11.8 Å². The lowest BCUT2D eigenvalue weighted by atomic mass is 9.94. The van der Waals surface area contributed by atoms with Gasteiger partial charge < -0.3 is 20.5 Å². The average molecular weight is 266 g/mol. The Kier molecular flexibility index (Phi) is 6.28. The third kappa shape index (κ3) is 4.49. The predicted octanol–water partition coefficient (Wildman–Crippen LogP) is 1.57. The van der Waals surface area contributed by atoms with Gasteiger partial charge >= 0.3 is 0 Å².